The van der Waals surface area contributed by atoms with Crippen LogP contribution < -0.4 is 0 Å². The summed E-state index contributed by atoms with van der Waals surface area (Å²) in [6.07, 6.45) is 0. The molecule has 2 aromatic rings. The second-order valence-electron chi connectivity index (χ2n) is 5.11. The maximum Gasteiger partial charge on any atom is 0.144 e. The summed E-state index contributed by atoms with van der Waals surface area (Å²) in [4.78, 5) is 7.86. The van der Waals surface area contributed by atoms with Crippen molar-refractivity contribution in [2.75, 3.05) is 7.11 Å². The second kappa shape index (κ2) is 6.16. The lowest BCUT2D eigenvalue weighted by Gasteiger charge is -2.25. The number of benzene rings is 1. The van der Waals surface area contributed by atoms with Crippen LogP contribution in [0.1, 0.15) is 30.9 Å². The number of hydrogen-bond donors (Lipinski definition) is 1. The summed E-state index contributed by atoms with van der Waals surface area (Å²) in [5, 5.41) is 0. The van der Waals surface area contributed by atoms with Crippen molar-refractivity contribution in [3.63, 3.8) is 0 Å². The van der Waals surface area contributed by atoms with Gasteiger partial charge in [-0.2, -0.15) is 0 Å². The monoisotopic (exact) mass is 352 g/mol. The third kappa shape index (κ3) is 3.00. The van der Waals surface area contributed by atoms with Crippen LogP contribution in [0.3, 0.4) is 0 Å². The quantitative estimate of drug-likeness (QED) is 0.830. The summed E-state index contributed by atoms with van der Waals surface area (Å²) >= 11 is 8.79. The van der Waals surface area contributed by atoms with Crippen LogP contribution in [0.15, 0.2) is 34.8 Å². The highest BCUT2D eigenvalue weighted by Gasteiger charge is 2.26. The number of hydrogen-bond acceptors (Lipinski definition) is 3. The van der Waals surface area contributed by atoms with E-state index in [9.17, 15) is 0 Å². The zero-order valence-electron chi connectivity index (χ0n) is 11.7. The maximum absolute atomic E-state index is 5.33. The molecule has 1 aromatic carbocycles. The van der Waals surface area contributed by atoms with E-state index in [-0.39, 0.29) is 5.41 Å². The van der Waals surface area contributed by atoms with Gasteiger partial charge in [0, 0.05) is 12.5 Å². The Bertz CT molecular complexity index is 653. The van der Waals surface area contributed by atoms with Crippen molar-refractivity contribution in [1.82, 2.24) is 9.97 Å². The van der Waals surface area contributed by atoms with Crippen LogP contribution in [0.4, 0.5) is 0 Å². The van der Waals surface area contributed by atoms with Crippen molar-refractivity contribution in [1.29, 1.82) is 0 Å². The van der Waals surface area contributed by atoms with E-state index in [1.165, 1.54) is 5.56 Å². The topological polar surface area (TPSA) is 37.9 Å². The number of nitrogens with zero attached hydrogens (tertiary/aromatic N) is 1. The first-order chi connectivity index (χ1) is 9.46. The third-order valence-electron chi connectivity index (χ3n) is 3.31. The fourth-order valence-corrected chi connectivity index (χ4v) is 2.55. The van der Waals surface area contributed by atoms with E-state index in [0.717, 1.165) is 16.0 Å². The van der Waals surface area contributed by atoms with E-state index in [1.807, 2.05) is 18.2 Å². The molecule has 0 saturated heterocycles. The van der Waals surface area contributed by atoms with Gasteiger partial charge < -0.3 is 9.72 Å². The van der Waals surface area contributed by atoms with Crippen molar-refractivity contribution in [2.45, 2.75) is 25.9 Å². The van der Waals surface area contributed by atoms with Gasteiger partial charge in [-0.25, -0.2) is 4.98 Å². The molecule has 0 spiro atoms. The number of ether oxygens (including phenoxy) is 1. The summed E-state index contributed by atoms with van der Waals surface area (Å²) < 4.78 is 6.55. The summed E-state index contributed by atoms with van der Waals surface area (Å²) in [6.45, 7) is 4.71. The summed E-state index contributed by atoms with van der Waals surface area (Å²) in [7, 11) is 1.66. The first-order valence-electron chi connectivity index (χ1n) is 6.30. The maximum atomic E-state index is 5.33. The van der Waals surface area contributed by atoms with Crippen molar-refractivity contribution < 1.29 is 4.74 Å². The third-order valence-corrected chi connectivity index (χ3v) is 4.72. The standard InChI is InChI=1S/C15H17BrN2OS/c1-15(2,10-7-5-4-6-8-10)14-17-11(9-19-3)12(16)13(20)18-14/h4-8H,9H2,1-3H3,(H,17,18,20). The summed E-state index contributed by atoms with van der Waals surface area (Å²) in [5.41, 5.74) is 1.84. The highest BCUT2D eigenvalue weighted by molar-refractivity contribution is 9.10. The Morgan fingerprint density at radius 2 is 1.95 bits per heavy atom. The van der Waals surface area contributed by atoms with Gasteiger partial charge in [-0.1, -0.05) is 42.5 Å². The van der Waals surface area contributed by atoms with Crippen LogP contribution in [-0.2, 0) is 16.8 Å². The number of aromatic amines is 1. The molecule has 5 heteroatoms. The predicted molar refractivity (Wildman–Crippen MR) is 86.4 cm³/mol. The van der Waals surface area contributed by atoms with Crippen LogP contribution in [0.25, 0.3) is 0 Å². The van der Waals surface area contributed by atoms with Crippen molar-refractivity contribution in [3.05, 3.63) is 56.5 Å². The minimum Gasteiger partial charge on any atom is -0.378 e. The van der Waals surface area contributed by atoms with E-state index in [1.54, 1.807) is 7.11 Å². The fraction of sp³-hybridized carbons (Fsp3) is 0.333. The molecule has 0 amide bonds. The van der Waals surface area contributed by atoms with Crippen molar-refractivity contribution in [3.8, 4) is 0 Å². The smallest absolute Gasteiger partial charge is 0.144 e. The van der Waals surface area contributed by atoms with Crippen LogP contribution in [0, 0.1) is 4.64 Å². The first kappa shape index (κ1) is 15.4. The summed E-state index contributed by atoms with van der Waals surface area (Å²) in [6, 6.07) is 10.3. The predicted octanol–water partition coefficient (Wildman–Crippen LogP) is 4.37. The van der Waals surface area contributed by atoms with Crippen molar-refractivity contribution in [2.24, 2.45) is 0 Å². The molecule has 1 heterocycles. The molecule has 0 saturated carbocycles. The molecule has 0 bridgehead atoms. The van der Waals surface area contributed by atoms with E-state index >= 15 is 0 Å². The number of nitrogens with one attached hydrogen (secondary N) is 1. The lowest BCUT2D eigenvalue weighted by molar-refractivity contribution is 0.180. The molecule has 0 aliphatic heterocycles. The normalized spacial score (nSPS) is 11.6. The van der Waals surface area contributed by atoms with Gasteiger partial charge in [-0.15, -0.1) is 0 Å². The van der Waals surface area contributed by atoms with E-state index < -0.39 is 0 Å². The molecule has 3 nitrogen and oxygen atoms in total. The summed E-state index contributed by atoms with van der Waals surface area (Å²) in [5.74, 6) is 0.837. The molecule has 0 aliphatic carbocycles. The van der Waals surface area contributed by atoms with Gasteiger partial charge in [0.25, 0.3) is 0 Å². The Kier molecular flexibility index (Phi) is 4.73. The zero-order chi connectivity index (χ0) is 14.8. The minimum atomic E-state index is -0.252. The molecule has 1 N–H and O–H groups in total. The highest BCUT2D eigenvalue weighted by Crippen LogP contribution is 2.30. The number of rotatable bonds is 4. The number of aromatic nitrogens is 2. The Morgan fingerprint density at radius 3 is 2.55 bits per heavy atom. The van der Waals surface area contributed by atoms with Gasteiger partial charge in [0.1, 0.15) is 10.5 Å². The molecular formula is C15H17BrN2OS. The Hall–Kier alpha value is -1.04. The van der Waals surface area contributed by atoms with Crippen LogP contribution >= 0.6 is 28.1 Å². The lowest BCUT2D eigenvalue weighted by atomic mass is 9.84. The van der Waals surface area contributed by atoms with E-state index in [2.05, 4.69) is 51.9 Å². The lowest BCUT2D eigenvalue weighted by Crippen LogP contribution is -2.23. The molecule has 0 unspecified atom stereocenters. The average Bonchev–Trinajstić information content (AvgIpc) is 2.44. The van der Waals surface area contributed by atoms with Crippen LogP contribution in [0.5, 0.6) is 0 Å². The number of halogens is 1. The average molecular weight is 353 g/mol. The molecule has 0 fully saturated rings. The van der Waals surface area contributed by atoms with Gasteiger partial charge >= 0.3 is 0 Å². The van der Waals surface area contributed by atoms with Gasteiger partial charge in [0.05, 0.1) is 16.8 Å². The largest absolute Gasteiger partial charge is 0.378 e. The second-order valence-corrected chi connectivity index (χ2v) is 6.29. The molecule has 2 rings (SSSR count). The highest BCUT2D eigenvalue weighted by atomic mass is 79.9. The van der Waals surface area contributed by atoms with Gasteiger partial charge in [0.15, 0.2) is 0 Å². The Morgan fingerprint density at radius 1 is 1.30 bits per heavy atom. The number of methoxy groups -OCH3 is 1. The molecule has 0 radical (unpaired) electrons. The van der Waals surface area contributed by atoms with E-state index in [0.29, 0.717) is 11.2 Å². The fourth-order valence-electron chi connectivity index (χ4n) is 2.04. The number of H-pyrrole nitrogens is 1. The Labute approximate surface area is 132 Å². The van der Waals surface area contributed by atoms with Crippen molar-refractivity contribution >= 4 is 28.1 Å². The molecule has 0 aliphatic rings. The Balaban J connectivity index is 2.55. The molecule has 0 atom stereocenters. The van der Waals surface area contributed by atoms with Gasteiger partial charge in [0.2, 0.25) is 0 Å². The molecule has 106 valence electrons. The van der Waals surface area contributed by atoms with Gasteiger partial charge in [-0.05, 0) is 35.3 Å². The van der Waals surface area contributed by atoms with Gasteiger partial charge in [-0.3, -0.25) is 0 Å². The van der Waals surface area contributed by atoms with E-state index in [4.69, 9.17) is 17.0 Å². The first-order valence-corrected chi connectivity index (χ1v) is 7.50. The minimum absolute atomic E-state index is 0.252. The zero-order valence-corrected chi connectivity index (χ0v) is 14.1. The molecule has 1 aromatic heterocycles. The molecular weight excluding hydrogens is 336 g/mol. The molecule has 20 heavy (non-hydrogen) atoms. The van der Waals surface area contributed by atoms with Crippen LogP contribution in [-0.4, -0.2) is 17.1 Å². The van der Waals surface area contributed by atoms with Crippen LogP contribution in [0.2, 0.25) is 0 Å². The SMILES string of the molecule is COCc1[nH]c(C(C)(C)c2ccccc2)nc(=S)c1Br.